The van der Waals surface area contributed by atoms with Gasteiger partial charge < -0.3 is 10.6 Å². The SMILES string of the molecule is C=C(Nc1cc(C)[nH]n1)C(C)(C)C(=O)Nc1cc(C)[nH]n1.CC. The van der Waals surface area contributed by atoms with Crippen LogP contribution in [-0.2, 0) is 4.79 Å². The third-order valence-electron chi connectivity index (χ3n) is 3.25. The van der Waals surface area contributed by atoms with Crippen LogP contribution in [0.2, 0.25) is 0 Å². The highest BCUT2D eigenvalue weighted by molar-refractivity contribution is 5.96. The molecule has 126 valence electrons. The van der Waals surface area contributed by atoms with Gasteiger partial charge in [-0.15, -0.1) is 0 Å². The molecule has 7 nitrogen and oxygen atoms in total. The molecule has 1 amide bonds. The molecule has 0 spiro atoms. The molecular weight excluding hydrogens is 292 g/mol. The molecule has 0 aliphatic rings. The van der Waals surface area contributed by atoms with Gasteiger partial charge in [-0.3, -0.25) is 15.0 Å². The summed E-state index contributed by atoms with van der Waals surface area (Å²) in [6, 6.07) is 3.61. The van der Waals surface area contributed by atoms with Gasteiger partial charge in [0.05, 0.1) is 5.41 Å². The van der Waals surface area contributed by atoms with E-state index in [1.165, 1.54) is 0 Å². The van der Waals surface area contributed by atoms with Crippen LogP contribution < -0.4 is 10.6 Å². The first-order valence-corrected chi connectivity index (χ1v) is 7.61. The number of anilines is 2. The minimum absolute atomic E-state index is 0.196. The number of nitrogens with zero attached hydrogens (tertiary/aromatic N) is 2. The van der Waals surface area contributed by atoms with E-state index in [1.54, 1.807) is 19.9 Å². The third-order valence-corrected chi connectivity index (χ3v) is 3.25. The van der Waals surface area contributed by atoms with Crippen molar-refractivity contribution < 1.29 is 4.79 Å². The molecule has 7 heteroatoms. The van der Waals surface area contributed by atoms with Crippen molar-refractivity contribution in [2.75, 3.05) is 10.6 Å². The van der Waals surface area contributed by atoms with E-state index in [0.717, 1.165) is 11.4 Å². The van der Waals surface area contributed by atoms with Crippen LogP contribution in [0.5, 0.6) is 0 Å². The van der Waals surface area contributed by atoms with Crippen molar-refractivity contribution in [2.24, 2.45) is 5.41 Å². The van der Waals surface area contributed by atoms with Crippen molar-refractivity contribution in [2.45, 2.75) is 41.5 Å². The second-order valence-corrected chi connectivity index (χ2v) is 5.56. The molecule has 0 bridgehead atoms. The molecule has 0 unspecified atom stereocenters. The lowest BCUT2D eigenvalue weighted by Crippen LogP contribution is -2.35. The minimum atomic E-state index is -0.820. The number of carbonyl (C=O) groups is 1. The lowest BCUT2D eigenvalue weighted by atomic mass is 9.88. The zero-order valence-electron chi connectivity index (χ0n) is 14.7. The van der Waals surface area contributed by atoms with Gasteiger partial charge in [0.2, 0.25) is 5.91 Å². The average molecular weight is 318 g/mol. The third kappa shape index (κ3) is 4.70. The highest BCUT2D eigenvalue weighted by atomic mass is 16.2. The summed E-state index contributed by atoms with van der Waals surface area (Å²) in [5, 5.41) is 19.5. The number of aryl methyl sites for hydroxylation is 2. The first-order valence-electron chi connectivity index (χ1n) is 7.61. The molecule has 0 aliphatic carbocycles. The van der Waals surface area contributed by atoms with Crippen LogP contribution in [-0.4, -0.2) is 26.3 Å². The van der Waals surface area contributed by atoms with Crippen molar-refractivity contribution in [3.05, 3.63) is 35.8 Å². The van der Waals surface area contributed by atoms with Crippen molar-refractivity contribution in [1.82, 2.24) is 20.4 Å². The fourth-order valence-corrected chi connectivity index (χ4v) is 1.68. The maximum absolute atomic E-state index is 12.4. The maximum Gasteiger partial charge on any atom is 0.237 e. The summed E-state index contributed by atoms with van der Waals surface area (Å²) in [5.41, 5.74) is 1.55. The lowest BCUT2D eigenvalue weighted by Gasteiger charge is -2.25. The molecule has 0 saturated carbocycles. The summed E-state index contributed by atoms with van der Waals surface area (Å²) in [5.74, 6) is 0.932. The number of amides is 1. The fourth-order valence-electron chi connectivity index (χ4n) is 1.68. The first-order chi connectivity index (χ1) is 10.8. The van der Waals surface area contributed by atoms with Crippen LogP contribution in [0.1, 0.15) is 39.1 Å². The summed E-state index contributed by atoms with van der Waals surface area (Å²) in [6.45, 7) is 15.3. The van der Waals surface area contributed by atoms with Crippen LogP contribution in [0.3, 0.4) is 0 Å². The molecule has 2 heterocycles. The van der Waals surface area contributed by atoms with Gasteiger partial charge in [0, 0.05) is 29.2 Å². The highest BCUT2D eigenvalue weighted by Crippen LogP contribution is 2.27. The monoisotopic (exact) mass is 318 g/mol. The zero-order chi connectivity index (χ0) is 17.6. The Labute approximate surface area is 137 Å². The van der Waals surface area contributed by atoms with Gasteiger partial charge in [-0.05, 0) is 27.7 Å². The van der Waals surface area contributed by atoms with E-state index in [0.29, 0.717) is 17.3 Å². The van der Waals surface area contributed by atoms with Crippen LogP contribution in [0, 0.1) is 19.3 Å². The highest BCUT2D eigenvalue weighted by Gasteiger charge is 2.32. The largest absolute Gasteiger partial charge is 0.342 e. The van der Waals surface area contributed by atoms with Crippen molar-refractivity contribution >= 4 is 17.5 Å². The maximum atomic E-state index is 12.4. The van der Waals surface area contributed by atoms with E-state index >= 15 is 0 Å². The summed E-state index contributed by atoms with van der Waals surface area (Å²) in [6.07, 6.45) is 0. The predicted molar refractivity (Wildman–Crippen MR) is 93.2 cm³/mol. The fraction of sp³-hybridized carbons (Fsp3) is 0.438. The second kappa shape index (κ2) is 7.62. The van der Waals surface area contributed by atoms with E-state index in [4.69, 9.17) is 0 Å². The Morgan fingerprint density at radius 3 is 1.87 bits per heavy atom. The topological polar surface area (TPSA) is 98.5 Å². The van der Waals surface area contributed by atoms with Gasteiger partial charge in [0.25, 0.3) is 0 Å². The molecule has 23 heavy (non-hydrogen) atoms. The molecular formula is C16H26N6O. The quantitative estimate of drug-likeness (QED) is 0.679. The molecule has 0 radical (unpaired) electrons. The summed E-state index contributed by atoms with van der Waals surface area (Å²) >= 11 is 0. The Morgan fingerprint density at radius 1 is 1.04 bits per heavy atom. The lowest BCUT2D eigenvalue weighted by molar-refractivity contribution is -0.122. The number of hydrogen-bond donors (Lipinski definition) is 4. The standard InChI is InChI=1S/C14H20N6O.C2H6/c1-8-6-11(19-17-8)15-10(3)14(4,5)13(21)16-12-7-9(2)18-20-12;1-2/h6-7H,3H2,1-2,4-5H3,(H2,15,17,19)(H2,16,18,20,21);1-2H3. The van der Waals surface area contributed by atoms with Crippen LogP contribution >= 0.6 is 0 Å². The van der Waals surface area contributed by atoms with Gasteiger partial charge in [-0.2, -0.15) is 10.2 Å². The van der Waals surface area contributed by atoms with Gasteiger partial charge in [-0.1, -0.05) is 20.4 Å². The van der Waals surface area contributed by atoms with Gasteiger partial charge in [0.15, 0.2) is 11.6 Å². The first kappa shape index (κ1) is 18.5. The molecule has 2 aromatic heterocycles. The molecule has 0 saturated heterocycles. The van der Waals surface area contributed by atoms with E-state index in [1.807, 2.05) is 33.8 Å². The molecule has 0 fully saturated rings. The van der Waals surface area contributed by atoms with E-state index in [2.05, 4.69) is 37.6 Å². The Bertz CT molecular complexity index is 611. The van der Waals surface area contributed by atoms with Gasteiger partial charge in [0.1, 0.15) is 0 Å². The number of aromatic amines is 2. The molecule has 2 rings (SSSR count). The van der Waals surface area contributed by atoms with Crippen LogP contribution in [0.25, 0.3) is 0 Å². The molecule has 0 atom stereocenters. The van der Waals surface area contributed by atoms with Crippen molar-refractivity contribution in [3.8, 4) is 0 Å². The number of rotatable bonds is 5. The molecule has 0 aliphatic heterocycles. The van der Waals surface area contributed by atoms with Gasteiger partial charge >= 0.3 is 0 Å². The average Bonchev–Trinajstić information content (AvgIpc) is 3.09. The van der Waals surface area contributed by atoms with Crippen LogP contribution in [0.15, 0.2) is 24.4 Å². The summed E-state index contributed by atoms with van der Waals surface area (Å²) < 4.78 is 0. The number of hydrogen-bond acceptors (Lipinski definition) is 4. The summed E-state index contributed by atoms with van der Waals surface area (Å²) in [4.78, 5) is 12.4. The molecule has 0 aromatic carbocycles. The van der Waals surface area contributed by atoms with Crippen molar-refractivity contribution in [3.63, 3.8) is 0 Å². The van der Waals surface area contributed by atoms with E-state index in [9.17, 15) is 4.79 Å². The number of aromatic nitrogens is 4. The Kier molecular flexibility index (Phi) is 6.12. The second-order valence-electron chi connectivity index (χ2n) is 5.56. The Balaban J connectivity index is 0.00000127. The molecule has 4 N–H and O–H groups in total. The summed E-state index contributed by atoms with van der Waals surface area (Å²) in [7, 11) is 0. The predicted octanol–water partition coefficient (Wildman–Crippen LogP) is 3.37. The number of nitrogens with one attached hydrogen (secondary N) is 4. The Hall–Kier alpha value is -2.57. The van der Waals surface area contributed by atoms with E-state index in [-0.39, 0.29) is 5.91 Å². The van der Waals surface area contributed by atoms with Crippen molar-refractivity contribution in [1.29, 1.82) is 0 Å². The molecule has 2 aromatic rings. The minimum Gasteiger partial charge on any atom is -0.342 e. The zero-order valence-corrected chi connectivity index (χ0v) is 14.7. The Morgan fingerprint density at radius 2 is 1.48 bits per heavy atom. The van der Waals surface area contributed by atoms with Crippen LogP contribution in [0.4, 0.5) is 11.6 Å². The van der Waals surface area contributed by atoms with Gasteiger partial charge in [-0.25, -0.2) is 0 Å². The number of H-pyrrole nitrogens is 2. The van der Waals surface area contributed by atoms with E-state index < -0.39 is 5.41 Å². The smallest absolute Gasteiger partial charge is 0.237 e. The number of carbonyl (C=O) groups excluding carboxylic acids is 1. The normalized spacial score (nSPS) is 10.5.